The van der Waals surface area contributed by atoms with Gasteiger partial charge < -0.3 is 4.90 Å². The maximum Gasteiger partial charge on any atom is 0.0449 e. The van der Waals surface area contributed by atoms with Crippen molar-refractivity contribution in [2.24, 2.45) is 11.8 Å². The summed E-state index contributed by atoms with van der Waals surface area (Å²) in [5, 5.41) is 0. The van der Waals surface area contributed by atoms with Gasteiger partial charge in [-0.2, -0.15) is 0 Å². The van der Waals surface area contributed by atoms with E-state index in [9.17, 15) is 0 Å². The number of fused-ring (bicyclic) bond motifs is 1. The number of rotatable bonds is 6. The summed E-state index contributed by atoms with van der Waals surface area (Å²) < 4.78 is 0. The van der Waals surface area contributed by atoms with E-state index in [4.69, 9.17) is 0 Å². The fourth-order valence-electron chi connectivity index (χ4n) is 4.40. The number of nitrogens with zero attached hydrogens (tertiary/aromatic N) is 1. The molecule has 1 aromatic carbocycles. The van der Waals surface area contributed by atoms with Gasteiger partial charge in [-0.25, -0.2) is 0 Å². The molecule has 0 spiro atoms. The quantitative estimate of drug-likeness (QED) is 0.500. The predicted molar refractivity (Wildman–Crippen MR) is 114 cm³/mol. The van der Waals surface area contributed by atoms with Crippen molar-refractivity contribution in [3.05, 3.63) is 78.1 Å². The molecule has 0 amide bonds. The number of hydrogen-bond donors (Lipinski definition) is 0. The number of para-hydroxylation sites is 1. The van der Waals surface area contributed by atoms with Crippen molar-refractivity contribution in [3.63, 3.8) is 0 Å². The largest absolute Gasteiger partial charge is 0.338 e. The van der Waals surface area contributed by atoms with Gasteiger partial charge in [0.25, 0.3) is 0 Å². The average Bonchev–Trinajstić information content (AvgIpc) is 2.95. The molecule has 1 aromatic rings. The van der Waals surface area contributed by atoms with Crippen LogP contribution in [0.1, 0.15) is 58.4 Å². The molecule has 0 aromatic heterocycles. The lowest BCUT2D eigenvalue weighted by molar-refractivity contribution is 0.443. The van der Waals surface area contributed by atoms with Crippen LogP contribution in [0.2, 0.25) is 0 Å². The third-order valence-electron chi connectivity index (χ3n) is 5.69. The molecule has 0 fully saturated rings. The molecule has 0 N–H and O–H groups in total. The highest BCUT2D eigenvalue weighted by Crippen LogP contribution is 2.46. The molecule has 3 rings (SSSR count). The van der Waals surface area contributed by atoms with E-state index in [-0.39, 0.29) is 0 Å². The normalized spacial score (nSPS) is 25.5. The number of allylic oxidation sites excluding steroid dienone is 7. The Balaban J connectivity index is 1.74. The summed E-state index contributed by atoms with van der Waals surface area (Å²) in [5.74, 6) is 1.82. The second-order valence-electron chi connectivity index (χ2n) is 7.94. The van der Waals surface area contributed by atoms with Crippen LogP contribution in [0.3, 0.4) is 0 Å². The predicted octanol–water partition coefficient (Wildman–Crippen LogP) is 7.01. The van der Waals surface area contributed by atoms with Gasteiger partial charge in [-0.3, -0.25) is 0 Å². The van der Waals surface area contributed by atoms with Gasteiger partial charge in [0.1, 0.15) is 0 Å². The first-order valence-electron chi connectivity index (χ1n) is 10.2. The minimum absolute atomic E-state index is 0.541. The first-order valence-corrected chi connectivity index (χ1v) is 10.2. The third kappa shape index (κ3) is 3.87. The van der Waals surface area contributed by atoms with E-state index in [1.54, 1.807) is 0 Å². The Morgan fingerprint density at radius 1 is 1.15 bits per heavy atom. The monoisotopic (exact) mass is 347 g/mol. The van der Waals surface area contributed by atoms with Crippen LogP contribution in [-0.2, 0) is 0 Å². The van der Waals surface area contributed by atoms with Crippen molar-refractivity contribution >= 4 is 5.69 Å². The number of anilines is 1. The molecule has 0 radical (unpaired) electrons. The van der Waals surface area contributed by atoms with Gasteiger partial charge in [-0.1, -0.05) is 82.4 Å². The van der Waals surface area contributed by atoms with Crippen molar-refractivity contribution < 1.29 is 0 Å². The topological polar surface area (TPSA) is 3.24 Å². The van der Waals surface area contributed by atoms with Crippen LogP contribution in [0.15, 0.2) is 72.5 Å². The Hall–Kier alpha value is -2.02. The molecule has 1 aliphatic heterocycles. The third-order valence-corrected chi connectivity index (χ3v) is 5.69. The molecule has 1 heteroatoms. The summed E-state index contributed by atoms with van der Waals surface area (Å²) in [7, 11) is 0. The summed E-state index contributed by atoms with van der Waals surface area (Å²) in [6.07, 6.45) is 19.4. The molecule has 0 saturated carbocycles. The van der Waals surface area contributed by atoms with E-state index >= 15 is 0 Å². The Morgan fingerprint density at radius 3 is 2.62 bits per heavy atom. The van der Waals surface area contributed by atoms with Gasteiger partial charge in [-0.15, -0.1) is 0 Å². The molecular weight excluding hydrogens is 314 g/mol. The van der Waals surface area contributed by atoms with Crippen molar-refractivity contribution in [2.75, 3.05) is 4.90 Å². The zero-order valence-corrected chi connectivity index (χ0v) is 16.7. The lowest BCUT2D eigenvalue weighted by Crippen LogP contribution is -2.37. The van der Waals surface area contributed by atoms with Crippen LogP contribution in [-0.4, -0.2) is 6.04 Å². The van der Waals surface area contributed by atoms with Gasteiger partial charge in [-0.05, 0) is 48.8 Å². The van der Waals surface area contributed by atoms with Gasteiger partial charge >= 0.3 is 0 Å². The zero-order valence-electron chi connectivity index (χ0n) is 16.7. The Kier molecular flexibility index (Phi) is 6.19. The van der Waals surface area contributed by atoms with Gasteiger partial charge in [0.05, 0.1) is 0 Å². The summed E-state index contributed by atoms with van der Waals surface area (Å²) >= 11 is 0. The van der Waals surface area contributed by atoms with Crippen LogP contribution in [0, 0.1) is 11.8 Å². The lowest BCUT2D eigenvalue weighted by Gasteiger charge is -2.34. The molecule has 0 saturated heterocycles. The summed E-state index contributed by atoms with van der Waals surface area (Å²) in [6, 6.07) is 9.49. The summed E-state index contributed by atoms with van der Waals surface area (Å²) in [6.45, 7) is 9.26. The first-order chi connectivity index (χ1) is 12.6. The van der Waals surface area contributed by atoms with E-state index < -0.39 is 0 Å². The molecule has 3 atom stereocenters. The molecule has 2 unspecified atom stereocenters. The molecular formula is C25H33N. The maximum atomic E-state index is 2.59. The molecule has 1 heterocycles. The Labute approximate surface area is 159 Å². The minimum Gasteiger partial charge on any atom is -0.338 e. The second-order valence-corrected chi connectivity index (χ2v) is 7.94. The molecule has 1 nitrogen and oxygen atoms in total. The minimum atomic E-state index is 0.541. The standard InChI is InChI=1S/C25H33N/c1-5-6-7-8-9-12-21-15-17-22(18-16-21)26-24-14-11-10-13-23(24)20(4)25(26)19(2)3/h6-11,13-15,17-21,25H,5,12,16H2,1-4H3/b7-6-,9-8-/t20?,21?,25-/m1/s1. The Morgan fingerprint density at radius 2 is 1.92 bits per heavy atom. The van der Waals surface area contributed by atoms with Crippen LogP contribution in [0.25, 0.3) is 0 Å². The van der Waals surface area contributed by atoms with Crippen molar-refractivity contribution in [3.8, 4) is 0 Å². The van der Waals surface area contributed by atoms with E-state index in [0.717, 1.165) is 19.3 Å². The second kappa shape index (κ2) is 8.58. The highest BCUT2D eigenvalue weighted by Gasteiger charge is 2.38. The van der Waals surface area contributed by atoms with E-state index in [0.29, 0.717) is 23.8 Å². The van der Waals surface area contributed by atoms with Crippen molar-refractivity contribution in [1.29, 1.82) is 0 Å². The number of hydrogen-bond acceptors (Lipinski definition) is 1. The van der Waals surface area contributed by atoms with Crippen LogP contribution >= 0.6 is 0 Å². The maximum absolute atomic E-state index is 2.59. The van der Waals surface area contributed by atoms with Crippen LogP contribution in [0.5, 0.6) is 0 Å². The van der Waals surface area contributed by atoms with Crippen LogP contribution in [0.4, 0.5) is 5.69 Å². The molecule has 1 aliphatic carbocycles. The highest BCUT2D eigenvalue weighted by molar-refractivity contribution is 5.67. The lowest BCUT2D eigenvalue weighted by atomic mass is 9.89. The SMILES string of the molecule is CC/C=C\C=C/CC1C=CC(N2c3ccccc3C(C)[C@H]2C(C)C)=CC1. The summed E-state index contributed by atoms with van der Waals surface area (Å²) in [5.41, 5.74) is 4.28. The van der Waals surface area contributed by atoms with Crippen LogP contribution < -0.4 is 4.90 Å². The van der Waals surface area contributed by atoms with Crippen molar-refractivity contribution in [2.45, 2.75) is 58.9 Å². The summed E-state index contributed by atoms with van der Waals surface area (Å²) in [4.78, 5) is 2.59. The van der Waals surface area contributed by atoms with Gasteiger partial charge in [0.2, 0.25) is 0 Å². The zero-order chi connectivity index (χ0) is 18.5. The van der Waals surface area contributed by atoms with E-state index in [1.807, 2.05) is 0 Å². The fourth-order valence-corrected chi connectivity index (χ4v) is 4.40. The molecule has 2 aliphatic rings. The van der Waals surface area contributed by atoms with E-state index in [1.165, 1.54) is 16.9 Å². The van der Waals surface area contributed by atoms with Gasteiger partial charge in [0, 0.05) is 23.3 Å². The van der Waals surface area contributed by atoms with E-state index in [2.05, 4.69) is 99.4 Å². The fraction of sp³-hybridized carbons (Fsp3) is 0.440. The Bertz CT molecular complexity index is 719. The van der Waals surface area contributed by atoms with Gasteiger partial charge in [0.15, 0.2) is 0 Å². The van der Waals surface area contributed by atoms with Crippen molar-refractivity contribution in [1.82, 2.24) is 0 Å². The highest BCUT2D eigenvalue weighted by atomic mass is 15.2. The number of benzene rings is 1. The smallest absolute Gasteiger partial charge is 0.0449 e. The average molecular weight is 348 g/mol. The molecule has 138 valence electrons. The molecule has 26 heavy (non-hydrogen) atoms. The molecule has 0 bridgehead atoms. The first kappa shape index (κ1) is 18.8.